The number of nitrogens with one attached hydrogen (secondary N) is 4. The van der Waals surface area contributed by atoms with Gasteiger partial charge in [0.1, 0.15) is 0 Å². The first-order valence-corrected chi connectivity index (χ1v) is 14.8. The molecule has 0 amide bonds. The van der Waals surface area contributed by atoms with E-state index in [1.807, 2.05) is 52.5 Å². The smallest absolute Gasteiger partial charge is 0.0893 e. The number of aromatic nitrogens is 2. The van der Waals surface area contributed by atoms with Crippen molar-refractivity contribution in [3.8, 4) is 56.2 Å². The third-order valence-electron chi connectivity index (χ3n) is 7.90. The minimum absolute atomic E-state index is 0.819. The molecule has 2 heterocycles. The van der Waals surface area contributed by atoms with Gasteiger partial charge in [-0.05, 0) is 95.1 Å². The number of hydrogen-bond acceptors (Lipinski definition) is 6. The molecule has 0 saturated heterocycles. The third kappa shape index (κ3) is 5.83. The first kappa shape index (κ1) is 28.5. The largest absolute Gasteiger partial charge is 0.388 e. The maximum absolute atomic E-state index is 5.11. The standard InChI is InChI=1S/C38H36N6/c1-39-29-17-11-25(12-18-29)27-15-21-33(41-3)31(23-27)35-7-5-9-37(43-35)38-10-6-8-36(44-38)32-24-28(16-22-34(32)42-4)26-13-19-30(40-2)20-14-26/h5-24,39-42H,1-4H3. The molecular formula is C38H36N6. The van der Waals surface area contributed by atoms with Gasteiger partial charge in [-0.15, -0.1) is 0 Å². The monoisotopic (exact) mass is 576 g/mol. The van der Waals surface area contributed by atoms with Crippen LogP contribution < -0.4 is 21.3 Å². The van der Waals surface area contributed by atoms with Crippen LogP contribution >= 0.6 is 0 Å². The number of hydrogen-bond donors (Lipinski definition) is 4. The van der Waals surface area contributed by atoms with Crippen LogP contribution in [0.5, 0.6) is 0 Å². The van der Waals surface area contributed by atoms with Gasteiger partial charge in [0.05, 0.1) is 22.8 Å². The van der Waals surface area contributed by atoms with E-state index in [0.717, 1.165) is 78.9 Å². The van der Waals surface area contributed by atoms with Crippen LogP contribution in [0, 0.1) is 0 Å². The fourth-order valence-corrected chi connectivity index (χ4v) is 5.42. The molecule has 4 N–H and O–H groups in total. The zero-order chi connectivity index (χ0) is 30.5. The van der Waals surface area contributed by atoms with Crippen LogP contribution in [0.4, 0.5) is 22.7 Å². The topological polar surface area (TPSA) is 73.9 Å². The van der Waals surface area contributed by atoms with Gasteiger partial charge in [-0.1, -0.05) is 48.5 Å². The van der Waals surface area contributed by atoms with Gasteiger partial charge in [0.2, 0.25) is 0 Å². The Morgan fingerprint density at radius 3 is 1.09 bits per heavy atom. The van der Waals surface area contributed by atoms with E-state index in [1.165, 1.54) is 0 Å². The average molecular weight is 577 g/mol. The summed E-state index contributed by atoms with van der Waals surface area (Å²) < 4.78 is 0. The van der Waals surface area contributed by atoms with Gasteiger partial charge in [0.25, 0.3) is 0 Å². The van der Waals surface area contributed by atoms with E-state index < -0.39 is 0 Å². The molecular weight excluding hydrogens is 540 g/mol. The molecule has 44 heavy (non-hydrogen) atoms. The van der Waals surface area contributed by atoms with Crippen molar-refractivity contribution in [2.24, 2.45) is 0 Å². The van der Waals surface area contributed by atoms with E-state index in [-0.39, 0.29) is 0 Å². The molecule has 0 bridgehead atoms. The van der Waals surface area contributed by atoms with Crippen molar-refractivity contribution in [1.82, 2.24) is 9.97 Å². The lowest BCUT2D eigenvalue weighted by molar-refractivity contribution is 1.25. The van der Waals surface area contributed by atoms with Crippen molar-refractivity contribution >= 4 is 22.7 Å². The van der Waals surface area contributed by atoms with Crippen LogP contribution in [0.25, 0.3) is 56.2 Å². The predicted molar refractivity (Wildman–Crippen MR) is 187 cm³/mol. The van der Waals surface area contributed by atoms with Crippen molar-refractivity contribution < 1.29 is 0 Å². The van der Waals surface area contributed by atoms with E-state index in [0.29, 0.717) is 0 Å². The number of benzene rings is 4. The summed E-state index contributed by atoms with van der Waals surface area (Å²) in [5, 5.41) is 13.1. The molecule has 6 heteroatoms. The van der Waals surface area contributed by atoms with E-state index in [4.69, 9.17) is 9.97 Å². The summed E-state index contributed by atoms with van der Waals surface area (Å²) in [5.41, 5.74) is 14.3. The fourth-order valence-electron chi connectivity index (χ4n) is 5.42. The summed E-state index contributed by atoms with van der Waals surface area (Å²) in [6.07, 6.45) is 0. The molecule has 2 aromatic heterocycles. The minimum atomic E-state index is 0.819. The van der Waals surface area contributed by atoms with Gasteiger partial charge in [0.15, 0.2) is 0 Å². The molecule has 0 unspecified atom stereocenters. The summed E-state index contributed by atoms with van der Waals surface area (Å²) >= 11 is 0. The Morgan fingerprint density at radius 1 is 0.364 bits per heavy atom. The molecule has 6 rings (SSSR count). The highest BCUT2D eigenvalue weighted by molar-refractivity contribution is 5.84. The molecule has 0 saturated carbocycles. The maximum Gasteiger partial charge on any atom is 0.0893 e. The number of rotatable bonds is 9. The van der Waals surface area contributed by atoms with E-state index in [1.54, 1.807) is 0 Å². The molecule has 0 aliphatic carbocycles. The summed E-state index contributed by atoms with van der Waals surface area (Å²) in [4.78, 5) is 10.2. The Hall–Kier alpha value is -5.62. The second-order valence-electron chi connectivity index (χ2n) is 10.5. The summed E-state index contributed by atoms with van der Waals surface area (Å²) in [5.74, 6) is 0. The van der Waals surface area contributed by atoms with Crippen LogP contribution in [0.1, 0.15) is 0 Å². The average Bonchev–Trinajstić information content (AvgIpc) is 3.11. The van der Waals surface area contributed by atoms with Crippen molar-refractivity contribution in [3.63, 3.8) is 0 Å². The van der Waals surface area contributed by atoms with Crippen molar-refractivity contribution in [2.75, 3.05) is 49.5 Å². The van der Waals surface area contributed by atoms with Gasteiger partial charge in [-0.3, -0.25) is 0 Å². The fraction of sp³-hybridized carbons (Fsp3) is 0.105. The second kappa shape index (κ2) is 12.7. The highest BCUT2D eigenvalue weighted by Gasteiger charge is 2.13. The molecule has 4 aromatic carbocycles. The zero-order valence-corrected chi connectivity index (χ0v) is 25.4. The summed E-state index contributed by atoms with van der Waals surface area (Å²) in [6.45, 7) is 0. The Balaban J connectivity index is 1.37. The number of anilines is 4. The SMILES string of the molecule is CNc1ccc(-c2ccc(NC)c(-c3cccc(-c4cccc(-c5cc(-c6ccc(NC)cc6)ccc5NC)n4)n3)c2)cc1. The molecule has 0 radical (unpaired) electrons. The lowest BCUT2D eigenvalue weighted by Gasteiger charge is -2.14. The Kier molecular flexibility index (Phi) is 8.23. The third-order valence-corrected chi connectivity index (χ3v) is 7.90. The molecule has 0 aliphatic rings. The number of pyridine rings is 2. The van der Waals surface area contributed by atoms with Crippen LogP contribution in [-0.2, 0) is 0 Å². The maximum atomic E-state index is 5.11. The molecule has 0 spiro atoms. The minimum Gasteiger partial charge on any atom is -0.388 e. The summed E-state index contributed by atoms with van der Waals surface area (Å²) in [7, 11) is 7.74. The quantitative estimate of drug-likeness (QED) is 0.138. The highest BCUT2D eigenvalue weighted by Crippen LogP contribution is 2.35. The first-order valence-electron chi connectivity index (χ1n) is 14.8. The predicted octanol–water partition coefficient (Wildman–Crippen LogP) is 8.98. The van der Waals surface area contributed by atoms with Gasteiger partial charge in [-0.25, -0.2) is 9.97 Å². The molecule has 0 aliphatic heterocycles. The summed E-state index contributed by atoms with van der Waals surface area (Å²) in [6, 6.07) is 42.1. The molecule has 218 valence electrons. The van der Waals surface area contributed by atoms with Gasteiger partial charge < -0.3 is 21.3 Å². The second-order valence-corrected chi connectivity index (χ2v) is 10.5. The highest BCUT2D eigenvalue weighted by atomic mass is 14.9. The molecule has 0 fully saturated rings. The van der Waals surface area contributed by atoms with Gasteiger partial charge >= 0.3 is 0 Å². The Bertz CT molecular complexity index is 1750. The first-order chi connectivity index (χ1) is 21.6. The zero-order valence-electron chi connectivity index (χ0n) is 25.4. The lowest BCUT2D eigenvalue weighted by Crippen LogP contribution is -1.97. The van der Waals surface area contributed by atoms with Crippen LogP contribution in [0.3, 0.4) is 0 Å². The van der Waals surface area contributed by atoms with E-state index in [2.05, 4.69) is 118 Å². The molecule has 6 aromatic rings. The van der Waals surface area contributed by atoms with Crippen LogP contribution in [0.2, 0.25) is 0 Å². The Morgan fingerprint density at radius 2 is 0.727 bits per heavy atom. The van der Waals surface area contributed by atoms with E-state index in [9.17, 15) is 0 Å². The van der Waals surface area contributed by atoms with E-state index >= 15 is 0 Å². The van der Waals surface area contributed by atoms with Gasteiger partial charge in [0, 0.05) is 62.1 Å². The molecule has 6 nitrogen and oxygen atoms in total. The van der Waals surface area contributed by atoms with Crippen molar-refractivity contribution in [1.29, 1.82) is 0 Å². The van der Waals surface area contributed by atoms with Crippen LogP contribution in [-0.4, -0.2) is 38.2 Å². The van der Waals surface area contributed by atoms with Crippen LogP contribution in [0.15, 0.2) is 121 Å². The number of nitrogens with zero attached hydrogens (tertiary/aromatic N) is 2. The lowest BCUT2D eigenvalue weighted by atomic mass is 9.99. The molecule has 0 atom stereocenters. The normalized spacial score (nSPS) is 10.7. The van der Waals surface area contributed by atoms with Gasteiger partial charge in [-0.2, -0.15) is 0 Å². The Labute approximate surface area is 259 Å². The van der Waals surface area contributed by atoms with Crippen molar-refractivity contribution in [2.45, 2.75) is 0 Å². The van der Waals surface area contributed by atoms with Crippen molar-refractivity contribution in [3.05, 3.63) is 121 Å².